The largest absolute Gasteiger partial charge is 0.493 e. The number of ether oxygens (including phenoxy) is 3. The second-order valence-electron chi connectivity index (χ2n) is 5.88. The first-order valence-corrected chi connectivity index (χ1v) is 8.90. The highest BCUT2D eigenvalue weighted by atomic mass is 32.1. The standard InChI is InChI=1S/C18H23N3O4S/c1-11(2)8-16-20-21-18(26-16)19-15(22)7-6-12-9-13(23-3)17(25-5)14(10-12)24-4/h6-7,9-11H,8H2,1-5H3,(H,19,21,22)/b7-6+. The number of hydrogen-bond acceptors (Lipinski definition) is 7. The van der Waals surface area contributed by atoms with Crippen molar-refractivity contribution >= 4 is 28.5 Å². The molecule has 0 unspecified atom stereocenters. The van der Waals surface area contributed by atoms with Crippen LogP contribution in [-0.2, 0) is 11.2 Å². The van der Waals surface area contributed by atoms with E-state index in [-0.39, 0.29) is 5.91 Å². The predicted octanol–water partition coefficient (Wildman–Crippen LogP) is 3.41. The zero-order valence-corrected chi connectivity index (χ0v) is 16.3. The van der Waals surface area contributed by atoms with Gasteiger partial charge in [0.05, 0.1) is 21.3 Å². The molecule has 140 valence electrons. The highest BCUT2D eigenvalue weighted by molar-refractivity contribution is 7.15. The summed E-state index contributed by atoms with van der Waals surface area (Å²) in [5.41, 5.74) is 0.743. The Labute approximate surface area is 157 Å². The van der Waals surface area contributed by atoms with E-state index in [1.54, 1.807) is 39.5 Å². The van der Waals surface area contributed by atoms with Crippen LogP contribution in [0.2, 0.25) is 0 Å². The summed E-state index contributed by atoms with van der Waals surface area (Å²) in [4.78, 5) is 12.1. The molecule has 8 heteroatoms. The van der Waals surface area contributed by atoms with Gasteiger partial charge in [0.15, 0.2) is 11.5 Å². The summed E-state index contributed by atoms with van der Waals surface area (Å²) in [6.07, 6.45) is 3.93. The number of nitrogens with zero attached hydrogens (tertiary/aromatic N) is 2. The van der Waals surface area contributed by atoms with Crippen LogP contribution in [0, 0.1) is 5.92 Å². The normalized spacial score (nSPS) is 11.0. The number of rotatable bonds is 8. The van der Waals surface area contributed by atoms with E-state index in [0.717, 1.165) is 17.0 Å². The number of hydrogen-bond donors (Lipinski definition) is 1. The maximum absolute atomic E-state index is 12.1. The lowest BCUT2D eigenvalue weighted by Gasteiger charge is -2.12. The van der Waals surface area contributed by atoms with Crippen LogP contribution in [0.15, 0.2) is 18.2 Å². The molecular formula is C18H23N3O4S. The van der Waals surface area contributed by atoms with Gasteiger partial charge >= 0.3 is 0 Å². The minimum absolute atomic E-state index is 0.286. The Balaban J connectivity index is 2.09. The molecule has 0 radical (unpaired) electrons. The summed E-state index contributed by atoms with van der Waals surface area (Å²) < 4.78 is 15.9. The molecule has 1 aromatic carbocycles. The van der Waals surface area contributed by atoms with Gasteiger partial charge in [-0.25, -0.2) is 0 Å². The first-order valence-electron chi connectivity index (χ1n) is 8.08. The molecule has 7 nitrogen and oxygen atoms in total. The number of aromatic nitrogens is 2. The van der Waals surface area contributed by atoms with Crippen molar-refractivity contribution in [3.8, 4) is 17.2 Å². The van der Waals surface area contributed by atoms with Crippen LogP contribution in [0.25, 0.3) is 6.08 Å². The predicted molar refractivity (Wildman–Crippen MR) is 102 cm³/mol. The Bertz CT molecular complexity index is 761. The van der Waals surface area contributed by atoms with Crippen LogP contribution in [0.5, 0.6) is 17.2 Å². The van der Waals surface area contributed by atoms with Crippen molar-refractivity contribution in [1.29, 1.82) is 0 Å². The average Bonchev–Trinajstić information content (AvgIpc) is 3.04. The van der Waals surface area contributed by atoms with Gasteiger partial charge in [0, 0.05) is 12.5 Å². The molecule has 1 N–H and O–H groups in total. The Morgan fingerprint density at radius 1 is 1.15 bits per heavy atom. The Morgan fingerprint density at radius 3 is 2.35 bits per heavy atom. The smallest absolute Gasteiger partial charge is 0.250 e. The monoisotopic (exact) mass is 377 g/mol. The van der Waals surface area contributed by atoms with Crippen molar-refractivity contribution in [2.24, 2.45) is 5.92 Å². The summed E-state index contributed by atoms with van der Waals surface area (Å²) in [5, 5.41) is 12.2. The molecule has 26 heavy (non-hydrogen) atoms. The van der Waals surface area contributed by atoms with E-state index in [1.807, 2.05) is 0 Å². The van der Waals surface area contributed by atoms with Gasteiger partial charge in [0.25, 0.3) is 0 Å². The van der Waals surface area contributed by atoms with Crippen molar-refractivity contribution in [2.45, 2.75) is 20.3 Å². The van der Waals surface area contributed by atoms with Gasteiger partial charge in [0.1, 0.15) is 5.01 Å². The van der Waals surface area contributed by atoms with E-state index in [1.165, 1.54) is 17.4 Å². The summed E-state index contributed by atoms with van der Waals surface area (Å²) >= 11 is 1.38. The van der Waals surface area contributed by atoms with E-state index in [4.69, 9.17) is 14.2 Å². The number of carbonyl (C=O) groups excluding carboxylic acids is 1. The van der Waals surface area contributed by atoms with Crippen LogP contribution >= 0.6 is 11.3 Å². The maximum atomic E-state index is 12.1. The van der Waals surface area contributed by atoms with Gasteiger partial charge in [-0.3, -0.25) is 10.1 Å². The first kappa shape index (κ1) is 19.7. The molecule has 0 bridgehead atoms. The van der Waals surface area contributed by atoms with Crippen LogP contribution in [0.1, 0.15) is 24.4 Å². The van der Waals surface area contributed by atoms with Crippen molar-refractivity contribution in [3.05, 3.63) is 28.8 Å². The van der Waals surface area contributed by atoms with Crippen LogP contribution in [0.4, 0.5) is 5.13 Å². The Morgan fingerprint density at radius 2 is 1.81 bits per heavy atom. The van der Waals surface area contributed by atoms with E-state index < -0.39 is 0 Å². The molecule has 0 fully saturated rings. The molecule has 2 rings (SSSR count). The summed E-state index contributed by atoms with van der Waals surface area (Å²) in [6, 6.07) is 3.52. The molecule has 1 amide bonds. The Kier molecular flexibility index (Phi) is 6.97. The highest BCUT2D eigenvalue weighted by Gasteiger charge is 2.12. The topological polar surface area (TPSA) is 82.6 Å². The summed E-state index contributed by atoms with van der Waals surface area (Å²) in [5.74, 6) is 1.75. The van der Waals surface area contributed by atoms with Crippen LogP contribution in [-0.4, -0.2) is 37.4 Å². The minimum Gasteiger partial charge on any atom is -0.493 e. The molecule has 2 aromatic rings. The van der Waals surface area contributed by atoms with Crippen molar-refractivity contribution in [2.75, 3.05) is 26.6 Å². The molecule has 0 aliphatic heterocycles. The van der Waals surface area contributed by atoms with Gasteiger partial charge in [-0.2, -0.15) is 0 Å². The second-order valence-corrected chi connectivity index (χ2v) is 6.94. The third-order valence-corrected chi connectivity index (χ3v) is 4.26. The molecule has 1 heterocycles. The third-order valence-electron chi connectivity index (χ3n) is 3.39. The van der Waals surface area contributed by atoms with E-state index in [0.29, 0.717) is 28.3 Å². The SMILES string of the molecule is COc1cc(/C=C/C(=O)Nc2nnc(CC(C)C)s2)cc(OC)c1OC. The lowest BCUT2D eigenvalue weighted by Crippen LogP contribution is -2.07. The molecule has 0 aliphatic rings. The molecule has 0 saturated heterocycles. The zero-order valence-electron chi connectivity index (χ0n) is 15.5. The average molecular weight is 377 g/mol. The van der Waals surface area contributed by atoms with Crippen LogP contribution < -0.4 is 19.5 Å². The van der Waals surface area contributed by atoms with Gasteiger partial charge in [-0.15, -0.1) is 10.2 Å². The number of nitrogens with one attached hydrogen (secondary N) is 1. The maximum Gasteiger partial charge on any atom is 0.250 e. The third kappa shape index (κ3) is 5.19. The number of methoxy groups -OCH3 is 3. The fourth-order valence-corrected chi connectivity index (χ4v) is 3.21. The van der Waals surface area contributed by atoms with E-state index >= 15 is 0 Å². The number of carbonyl (C=O) groups is 1. The highest BCUT2D eigenvalue weighted by Crippen LogP contribution is 2.38. The first-order chi connectivity index (χ1) is 12.5. The Hall–Kier alpha value is -2.61. The van der Waals surface area contributed by atoms with Gasteiger partial charge < -0.3 is 14.2 Å². The molecule has 1 aromatic heterocycles. The summed E-state index contributed by atoms with van der Waals surface area (Å²) in [6.45, 7) is 4.22. The van der Waals surface area contributed by atoms with Gasteiger partial charge in [-0.1, -0.05) is 25.2 Å². The van der Waals surface area contributed by atoms with Crippen LogP contribution in [0.3, 0.4) is 0 Å². The quantitative estimate of drug-likeness (QED) is 0.710. The lowest BCUT2D eigenvalue weighted by atomic mass is 10.1. The fraction of sp³-hybridized carbons (Fsp3) is 0.389. The minimum atomic E-state index is -0.286. The number of benzene rings is 1. The molecule has 0 spiro atoms. The zero-order chi connectivity index (χ0) is 19.1. The molecule has 0 atom stereocenters. The van der Waals surface area contributed by atoms with Crippen molar-refractivity contribution < 1.29 is 19.0 Å². The van der Waals surface area contributed by atoms with Crippen molar-refractivity contribution in [1.82, 2.24) is 10.2 Å². The molecule has 0 saturated carbocycles. The van der Waals surface area contributed by atoms with E-state index in [9.17, 15) is 4.79 Å². The fourth-order valence-electron chi connectivity index (χ4n) is 2.25. The summed E-state index contributed by atoms with van der Waals surface area (Å²) in [7, 11) is 4.63. The van der Waals surface area contributed by atoms with Gasteiger partial charge in [0.2, 0.25) is 16.8 Å². The molecule has 0 aliphatic carbocycles. The number of anilines is 1. The van der Waals surface area contributed by atoms with Gasteiger partial charge in [-0.05, 0) is 29.7 Å². The molecular weight excluding hydrogens is 354 g/mol. The second kappa shape index (κ2) is 9.19. The lowest BCUT2D eigenvalue weighted by molar-refractivity contribution is -0.111. The number of amides is 1. The van der Waals surface area contributed by atoms with E-state index in [2.05, 4.69) is 29.4 Å². The van der Waals surface area contributed by atoms with Crippen molar-refractivity contribution in [3.63, 3.8) is 0 Å².